The molecule has 5 nitrogen and oxygen atoms in total. The summed E-state index contributed by atoms with van der Waals surface area (Å²) < 4.78 is 10.2. The van der Waals surface area contributed by atoms with Crippen LogP contribution in [0.5, 0.6) is 5.75 Å². The molecule has 0 radical (unpaired) electrons. The highest BCUT2D eigenvalue weighted by Crippen LogP contribution is 2.17. The van der Waals surface area contributed by atoms with Crippen LogP contribution in [0, 0.1) is 0 Å². The van der Waals surface area contributed by atoms with Gasteiger partial charge in [0, 0.05) is 11.6 Å². The van der Waals surface area contributed by atoms with Gasteiger partial charge in [-0.3, -0.25) is 9.59 Å². The van der Waals surface area contributed by atoms with Crippen LogP contribution in [-0.2, 0) is 14.3 Å². The van der Waals surface area contributed by atoms with E-state index in [4.69, 9.17) is 21.1 Å². The number of carbonyl (C=O) groups is 2. The molecule has 0 fully saturated rings. The van der Waals surface area contributed by atoms with Gasteiger partial charge >= 0.3 is 5.97 Å². The van der Waals surface area contributed by atoms with Crippen molar-refractivity contribution in [2.75, 3.05) is 26.3 Å². The van der Waals surface area contributed by atoms with Crippen molar-refractivity contribution in [2.24, 2.45) is 0 Å². The molecule has 0 unspecified atom stereocenters. The number of hydrogen-bond acceptors (Lipinski definition) is 4. The molecule has 0 bridgehead atoms. The number of carbonyl (C=O) groups excluding carboxylic acids is 2. The Labute approximate surface area is 123 Å². The molecule has 0 aliphatic carbocycles. The smallest absolute Gasteiger partial charge is 0.325 e. The highest BCUT2D eigenvalue weighted by Gasteiger charge is 2.16. The number of nitrogens with zero attached hydrogens (tertiary/aromatic N) is 1. The Balaban J connectivity index is 2.49. The maximum Gasteiger partial charge on any atom is 0.325 e. The third-order valence-electron chi connectivity index (χ3n) is 2.52. The molecule has 0 aliphatic heterocycles. The molecule has 1 aromatic carbocycles. The van der Waals surface area contributed by atoms with Crippen LogP contribution in [-0.4, -0.2) is 43.1 Å². The summed E-state index contributed by atoms with van der Waals surface area (Å²) in [5.74, 6) is -0.191. The van der Waals surface area contributed by atoms with Gasteiger partial charge in [0.1, 0.15) is 12.3 Å². The van der Waals surface area contributed by atoms with Crippen molar-refractivity contribution >= 4 is 23.5 Å². The third-order valence-corrected chi connectivity index (χ3v) is 2.75. The van der Waals surface area contributed by atoms with Crippen LogP contribution in [0.2, 0.25) is 5.02 Å². The lowest BCUT2D eigenvalue weighted by atomic mass is 10.3. The number of likely N-dealkylation sites (N-methyl/N-ethyl adjacent to an activating group) is 1. The first-order valence-corrected chi connectivity index (χ1v) is 6.76. The number of ether oxygens (including phenoxy) is 2. The van der Waals surface area contributed by atoms with Crippen molar-refractivity contribution in [3.8, 4) is 5.75 Å². The Morgan fingerprint density at radius 2 is 2.05 bits per heavy atom. The minimum atomic E-state index is -0.426. The van der Waals surface area contributed by atoms with E-state index in [0.717, 1.165) is 0 Å². The van der Waals surface area contributed by atoms with Gasteiger partial charge in [-0.05, 0) is 32.0 Å². The minimum absolute atomic E-state index is 0.0674. The normalized spacial score (nSPS) is 9.95. The van der Waals surface area contributed by atoms with Crippen LogP contribution >= 0.6 is 11.6 Å². The first-order valence-electron chi connectivity index (χ1n) is 6.38. The summed E-state index contributed by atoms with van der Waals surface area (Å²) in [5.41, 5.74) is 0. The van der Waals surface area contributed by atoms with Gasteiger partial charge in [-0.25, -0.2) is 0 Å². The van der Waals surface area contributed by atoms with Gasteiger partial charge < -0.3 is 14.4 Å². The maximum atomic E-state index is 11.9. The van der Waals surface area contributed by atoms with Crippen LogP contribution in [0.4, 0.5) is 0 Å². The van der Waals surface area contributed by atoms with Crippen LogP contribution in [0.15, 0.2) is 24.3 Å². The fraction of sp³-hybridized carbons (Fsp3) is 0.429. The molecule has 110 valence electrons. The number of esters is 1. The average molecular weight is 300 g/mol. The molecule has 1 aromatic rings. The predicted octanol–water partition coefficient (Wildman–Crippen LogP) is 2.13. The Hall–Kier alpha value is -1.75. The minimum Gasteiger partial charge on any atom is -0.484 e. The molecule has 0 saturated heterocycles. The predicted molar refractivity (Wildman–Crippen MR) is 75.8 cm³/mol. The van der Waals surface area contributed by atoms with E-state index in [-0.39, 0.29) is 19.1 Å². The molecular formula is C14H18ClNO4. The third kappa shape index (κ3) is 5.48. The van der Waals surface area contributed by atoms with Gasteiger partial charge in [0.2, 0.25) is 0 Å². The fourth-order valence-electron chi connectivity index (χ4n) is 1.53. The number of benzene rings is 1. The van der Waals surface area contributed by atoms with Crippen LogP contribution in [0.25, 0.3) is 0 Å². The van der Waals surface area contributed by atoms with Crippen LogP contribution < -0.4 is 4.74 Å². The van der Waals surface area contributed by atoms with Gasteiger partial charge in [-0.2, -0.15) is 0 Å². The summed E-state index contributed by atoms with van der Waals surface area (Å²) in [4.78, 5) is 24.7. The Bertz CT molecular complexity index is 464. The number of amides is 1. The maximum absolute atomic E-state index is 11.9. The zero-order chi connectivity index (χ0) is 15.0. The Morgan fingerprint density at radius 1 is 1.30 bits per heavy atom. The summed E-state index contributed by atoms with van der Waals surface area (Å²) >= 11 is 5.82. The summed E-state index contributed by atoms with van der Waals surface area (Å²) in [6.07, 6.45) is 0. The van der Waals surface area contributed by atoms with Crippen molar-refractivity contribution in [3.63, 3.8) is 0 Å². The van der Waals surface area contributed by atoms with E-state index < -0.39 is 5.97 Å². The molecule has 0 N–H and O–H groups in total. The van der Waals surface area contributed by atoms with E-state index in [1.165, 1.54) is 4.90 Å². The first-order chi connectivity index (χ1) is 9.56. The van der Waals surface area contributed by atoms with Gasteiger partial charge in [0.25, 0.3) is 5.91 Å². The van der Waals surface area contributed by atoms with E-state index in [0.29, 0.717) is 23.9 Å². The molecule has 0 heterocycles. The zero-order valence-electron chi connectivity index (χ0n) is 11.6. The number of hydrogen-bond donors (Lipinski definition) is 0. The van der Waals surface area contributed by atoms with E-state index in [1.54, 1.807) is 38.1 Å². The molecule has 0 aromatic heterocycles. The second kappa shape index (κ2) is 8.43. The molecule has 1 amide bonds. The molecule has 1 rings (SSSR count). The molecule has 0 atom stereocenters. The van der Waals surface area contributed by atoms with E-state index in [1.807, 2.05) is 0 Å². The first kappa shape index (κ1) is 16.3. The Kier molecular flexibility index (Phi) is 6.87. The van der Waals surface area contributed by atoms with Gasteiger partial charge in [0.15, 0.2) is 6.61 Å². The summed E-state index contributed by atoms with van der Waals surface area (Å²) in [6, 6.07) is 6.78. The standard InChI is InChI=1S/C14H18ClNO4/c1-3-16(9-14(18)19-4-2)13(17)10-20-12-7-5-6-11(15)8-12/h5-8H,3-4,9-10H2,1-2H3. The molecule has 0 spiro atoms. The topological polar surface area (TPSA) is 55.8 Å². The van der Waals surface area contributed by atoms with Crippen molar-refractivity contribution in [2.45, 2.75) is 13.8 Å². The quantitative estimate of drug-likeness (QED) is 0.724. The van der Waals surface area contributed by atoms with Crippen molar-refractivity contribution in [1.29, 1.82) is 0 Å². The summed E-state index contributed by atoms with van der Waals surface area (Å²) in [7, 11) is 0. The second-order valence-corrected chi connectivity index (χ2v) is 4.40. The monoisotopic (exact) mass is 299 g/mol. The SMILES string of the molecule is CCOC(=O)CN(CC)C(=O)COc1cccc(Cl)c1. The molecule has 0 saturated carbocycles. The Morgan fingerprint density at radius 3 is 2.65 bits per heavy atom. The zero-order valence-corrected chi connectivity index (χ0v) is 12.4. The number of rotatable bonds is 7. The van der Waals surface area contributed by atoms with Crippen molar-refractivity contribution < 1.29 is 19.1 Å². The summed E-state index contributed by atoms with van der Waals surface area (Å²) in [6.45, 7) is 4.00. The molecule has 6 heteroatoms. The van der Waals surface area contributed by atoms with Gasteiger partial charge in [0.05, 0.1) is 6.61 Å². The van der Waals surface area contributed by atoms with Gasteiger partial charge in [-0.1, -0.05) is 17.7 Å². The van der Waals surface area contributed by atoms with E-state index in [2.05, 4.69) is 0 Å². The molecule has 0 aliphatic rings. The van der Waals surface area contributed by atoms with Crippen LogP contribution in [0.1, 0.15) is 13.8 Å². The summed E-state index contributed by atoms with van der Waals surface area (Å²) in [5, 5.41) is 0.536. The lowest BCUT2D eigenvalue weighted by Gasteiger charge is -2.19. The highest BCUT2D eigenvalue weighted by molar-refractivity contribution is 6.30. The van der Waals surface area contributed by atoms with Crippen molar-refractivity contribution in [1.82, 2.24) is 4.90 Å². The molecular weight excluding hydrogens is 282 g/mol. The van der Waals surface area contributed by atoms with Gasteiger partial charge in [-0.15, -0.1) is 0 Å². The largest absolute Gasteiger partial charge is 0.484 e. The highest BCUT2D eigenvalue weighted by atomic mass is 35.5. The van der Waals surface area contributed by atoms with Crippen molar-refractivity contribution in [3.05, 3.63) is 29.3 Å². The average Bonchev–Trinajstić information content (AvgIpc) is 2.42. The number of halogens is 1. The van der Waals surface area contributed by atoms with E-state index >= 15 is 0 Å². The lowest BCUT2D eigenvalue weighted by Crippen LogP contribution is -2.39. The van der Waals surface area contributed by atoms with E-state index in [9.17, 15) is 9.59 Å². The second-order valence-electron chi connectivity index (χ2n) is 3.96. The van der Waals surface area contributed by atoms with Crippen LogP contribution in [0.3, 0.4) is 0 Å². The fourth-order valence-corrected chi connectivity index (χ4v) is 1.71. The lowest BCUT2D eigenvalue weighted by molar-refractivity contribution is -0.149. The molecule has 20 heavy (non-hydrogen) atoms.